The number of nitrogens with zero attached hydrogens (tertiary/aromatic N) is 1. The molecule has 150 valence electrons. The lowest BCUT2D eigenvalue weighted by Gasteiger charge is -2.39. The predicted octanol–water partition coefficient (Wildman–Crippen LogP) is 4.85. The summed E-state index contributed by atoms with van der Waals surface area (Å²) < 4.78 is 0. The van der Waals surface area contributed by atoms with Gasteiger partial charge in [-0.3, -0.25) is 4.79 Å². The average Bonchev–Trinajstić information content (AvgIpc) is 2.87. The second kappa shape index (κ2) is 8.68. The summed E-state index contributed by atoms with van der Waals surface area (Å²) in [6.07, 6.45) is 10.6. The maximum absolute atomic E-state index is 12.7. The number of carbonyl (C=O) groups excluding carboxylic acids is 1. The quantitative estimate of drug-likeness (QED) is 0.769. The highest BCUT2D eigenvalue weighted by Gasteiger charge is 2.32. The normalized spacial score (nSPS) is 21.5. The summed E-state index contributed by atoms with van der Waals surface area (Å²) in [6, 6.07) is 6.85. The SMILES string of the molecule is CCCC(=O)N(C)C1CC(C2=CC(N)=C(C)C=CC2)Nc2ccc(CC)cc21. The Balaban J connectivity index is 1.98. The molecule has 1 aliphatic carbocycles. The molecule has 0 radical (unpaired) electrons. The van der Waals surface area contributed by atoms with Gasteiger partial charge in [-0.25, -0.2) is 0 Å². The molecule has 1 aliphatic heterocycles. The van der Waals surface area contributed by atoms with Crippen molar-refractivity contribution in [1.82, 2.24) is 4.90 Å². The number of allylic oxidation sites excluding steroid dienone is 4. The molecule has 1 amide bonds. The van der Waals surface area contributed by atoms with Crippen molar-refractivity contribution in [2.24, 2.45) is 5.73 Å². The molecule has 3 N–H and O–H groups in total. The molecular weight excluding hydrogens is 346 g/mol. The van der Waals surface area contributed by atoms with Gasteiger partial charge in [0.1, 0.15) is 0 Å². The van der Waals surface area contributed by atoms with Gasteiger partial charge in [-0.15, -0.1) is 0 Å². The van der Waals surface area contributed by atoms with E-state index in [1.54, 1.807) is 0 Å². The van der Waals surface area contributed by atoms with Gasteiger partial charge in [-0.05, 0) is 67.0 Å². The molecule has 3 rings (SSSR count). The van der Waals surface area contributed by atoms with Crippen LogP contribution in [0.5, 0.6) is 0 Å². The molecule has 0 aromatic heterocycles. The lowest BCUT2D eigenvalue weighted by Crippen LogP contribution is -2.39. The summed E-state index contributed by atoms with van der Waals surface area (Å²) in [7, 11) is 1.95. The summed E-state index contributed by atoms with van der Waals surface area (Å²) in [5.74, 6) is 0.214. The topological polar surface area (TPSA) is 58.4 Å². The Kier molecular flexibility index (Phi) is 6.28. The van der Waals surface area contributed by atoms with E-state index in [1.807, 2.05) is 18.9 Å². The van der Waals surface area contributed by atoms with Crippen LogP contribution in [0, 0.1) is 0 Å². The minimum Gasteiger partial charge on any atom is -0.399 e. The number of rotatable bonds is 5. The highest BCUT2D eigenvalue weighted by molar-refractivity contribution is 5.77. The molecule has 0 bridgehead atoms. The summed E-state index contributed by atoms with van der Waals surface area (Å²) >= 11 is 0. The van der Waals surface area contributed by atoms with Crippen LogP contribution >= 0.6 is 0 Å². The van der Waals surface area contributed by atoms with Crippen molar-refractivity contribution in [1.29, 1.82) is 0 Å². The van der Waals surface area contributed by atoms with Crippen molar-refractivity contribution < 1.29 is 4.79 Å². The Morgan fingerprint density at radius 3 is 2.82 bits per heavy atom. The molecule has 0 fully saturated rings. The average molecular weight is 380 g/mol. The van der Waals surface area contributed by atoms with Crippen molar-refractivity contribution in [2.45, 2.75) is 65.0 Å². The lowest BCUT2D eigenvalue weighted by molar-refractivity contribution is -0.132. The third-order valence-corrected chi connectivity index (χ3v) is 5.96. The zero-order valence-electron chi connectivity index (χ0n) is 17.6. The number of amides is 1. The van der Waals surface area contributed by atoms with Crippen LogP contribution < -0.4 is 11.1 Å². The first-order valence-corrected chi connectivity index (χ1v) is 10.4. The number of hydrogen-bond acceptors (Lipinski definition) is 3. The molecule has 1 aromatic rings. The van der Waals surface area contributed by atoms with E-state index in [-0.39, 0.29) is 18.0 Å². The largest absolute Gasteiger partial charge is 0.399 e. The van der Waals surface area contributed by atoms with Crippen LogP contribution in [0.1, 0.15) is 63.6 Å². The van der Waals surface area contributed by atoms with Crippen LogP contribution in [0.4, 0.5) is 5.69 Å². The first kappa shape index (κ1) is 20.2. The fourth-order valence-corrected chi connectivity index (χ4v) is 4.09. The third kappa shape index (κ3) is 4.16. The lowest BCUT2D eigenvalue weighted by atomic mass is 9.86. The maximum atomic E-state index is 12.7. The van der Waals surface area contributed by atoms with Crippen molar-refractivity contribution in [3.05, 3.63) is 64.4 Å². The molecule has 0 spiro atoms. The molecule has 0 saturated heterocycles. The fraction of sp³-hybridized carbons (Fsp3) is 0.458. The molecule has 0 saturated carbocycles. The zero-order valence-corrected chi connectivity index (χ0v) is 17.6. The van der Waals surface area contributed by atoms with Gasteiger partial charge in [0.05, 0.1) is 12.1 Å². The predicted molar refractivity (Wildman–Crippen MR) is 117 cm³/mol. The van der Waals surface area contributed by atoms with E-state index in [2.05, 4.69) is 55.6 Å². The van der Waals surface area contributed by atoms with Crippen LogP contribution in [-0.2, 0) is 11.2 Å². The second-order valence-electron chi connectivity index (χ2n) is 7.94. The van der Waals surface area contributed by atoms with E-state index in [9.17, 15) is 4.79 Å². The Morgan fingerprint density at radius 1 is 1.32 bits per heavy atom. The molecule has 4 nitrogen and oxygen atoms in total. The number of aryl methyl sites for hydroxylation is 1. The summed E-state index contributed by atoms with van der Waals surface area (Å²) in [4.78, 5) is 14.6. The van der Waals surface area contributed by atoms with Gasteiger partial charge in [0, 0.05) is 24.9 Å². The van der Waals surface area contributed by atoms with E-state index < -0.39 is 0 Å². The number of nitrogens with two attached hydrogens (primary N) is 1. The molecule has 1 heterocycles. The Labute approximate surface area is 169 Å². The molecular formula is C24H33N3O. The first-order chi connectivity index (χ1) is 13.4. The Hall–Kier alpha value is -2.49. The number of benzene rings is 1. The van der Waals surface area contributed by atoms with Gasteiger partial charge in [0.2, 0.25) is 5.91 Å². The molecule has 1 aromatic carbocycles. The molecule has 2 aliphatic rings. The van der Waals surface area contributed by atoms with E-state index in [0.29, 0.717) is 6.42 Å². The maximum Gasteiger partial charge on any atom is 0.222 e. The number of hydrogen-bond donors (Lipinski definition) is 2. The van der Waals surface area contributed by atoms with Crippen LogP contribution in [-0.4, -0.2) is 23.9 Å². The molecule has 28 heavy (non-hydrogen) atoms. The van der Waals surface area contributed by atoms with Gasteiger partial charge >= 0.3 is 0 Å². The van der Waals surface area contributed by atoms with Crippen LogP contribution in [0.2, 0.25) is 0 Å². The molecule has 2 atom stereocenters. The fourth-order valence-electron chi connectivity index (χ4n) is 4.09. The number of nitrogens with one attached hydrogen (secondary N) is 1. The van der Waals surface area contributed by atoms with E-state index >= 15 is 0 Å². The molecule has 2 unspecified atom stereocenters. The van der Waals surface area contributed by atoms with Gasteiger partial charge < -0.3 is 16.0 Å². The van der Waals surface area contributed by atoms with Gasteiger partial charge in [0.15, 0.2) is 0 Å². The number of carbonyl (C=O) groups is 1. The highest BCUT2D eigenvalue weighted by atomic mass is 16.2. The first-order valence-electron chi connectivity index (χ1n) is 10.4. The standard InChI is InChI=1S/C24H33N3O/c1-5-8-24(28)27(4)23-15-22(18-10-7-9-16(3)20(25)14-18)26-21-12-11-17(6-2)13-19(21)23/h7,9,11-14,22-23,26H,5-6,8,10,15,25H2,1-4H3. The van der Waals surface area contributed by atoms with E-state index in [4.69, 9.17) is 5.73 Å². The number of anilines is 1. The van der Waals surface area contributed by atoms with Gasteiger partial charge in [0.25, 0.3) is 0 Å². The van der Waals surface area contributed by atoms with Crippen LogP contribution in [0.15, 0.2) is 53.3 Å². The number of fused-ring (bicyclic) bond motifs is 1. The van der Waals surface area contributed by atoms with Crippen LogP contribution in [0.3, 0.4) is 0 Å². The van der Waals surface area contributed by atoms with Crippen molar-refractivity contribution in [3.63, 3.8) is 0 Å². The smallest absolute Gasteiger partial charge is 0.222 e. The van der Waals surface area contributed by atoms with Crippen molar-refractivity contribution in [2.75, 3.05) is 12.4 Å². The van der Waals surface area contributed by atoms with Gasteiger partial charge in [-0.1, -0.05) is 38.1 Å². The summed E-state index contributed by atoms with van der Waals surface area (Å²) in [5, 5.41) is 3.72. The van der Waals surface area contributed by atoms with Crippen LogP contribution in [0.25, 0.3) is 0 Å². The monoisotopic (exact) mass is 379 g/mol. The highest BCUT2D eigenvalue weighted by Crippen LogP contribution is 2.40. The van der Waals surface area contributed by atoms with Gasteiger partial charge in [-0.2, -0.15) is 0 Å². The minimum atomic E-state index is 0.0752. The van der Waals surface area contributed by atoms with Crippen molar-refractivity contribution in [3.8, 4) is 0 Å². The van der Waals surface area contributed by atoms with E-state index in [1.165, 1.54) is 16.7 Å². The Morgan fingerprint density at radius 2 is 2.11 bits per heavy atom. The molecule has 4 heteroatoms. The second-order valence-corrected chi connectivity index (χ2v) is 7.94. The third-order valence-electron chi connectivity index (χ3n) is 5.96. The summed E-state index contributed by atoms with van der Waals surface area (Å²) in [5.41, 5.74) is 13.1. The van der Waals surface area contributed by atoms with E-state index in [0.717, 1.165) is 42.6 Å². The summed E-state index contributed by atoms with van der Waals surface area (Å²) in [6.45, 7) is 6.27. The zero-order chi connectivity index (χ0) is 20.3. The Bertz CT molecular complexity index is 834. The van der Waals surface area contributed by atoms with Crippen molar-refractivity contribution >= 4 is 11.6 Å². The minimum absolute atomic E-state index is 0.0752.